The van der Waals surface area contributed by atoms with Gasteiger partial charge in [0.25, 0.3) is 5.91 Å². The van der Waals surface area contributed by atoms with Gasteiger partial charge in [-0.25, -0.2) is 0 Å². The van der Waals surface area contributed by atoms with E-state index in [9.17, 15) is 9.59 Å². The third-order valence-electron chi connectivity index (χ3n) is 5.14. The smallest absolute Gasteiger partial charge is 0.251 e. The minimum Gasteiger partial charge on any atom is -0.349 e. The van der Waals surface area contributed by atoms with E-state index in [1.807, 2.05) is 0 Å². The van der Waals surface area contributed by atoms with Gasteiger partial charge in [-0.15, -0.1) is 12.4 Å². The summed E-state index contributed by atoms with van der Waals surface area (Å²) in [6.45, 7) is 2.70. The number of nitrogens with two attached hydrogens (primary N) is 1. The van der Waals surface area contributed by atoms with Crippen molar-refractivity contribution in [1.82, 2.24) is 5.32 Å². The molecule has 2 amide bonds. The van der Waals surface area contributed by atoms with E-state index in [1.54, 1.807) is 24.3 Å². The van der Waals surface area contributed by atoms with Crippen molar-refractivity contribution in [3.8, 4) is 0 Å². The number of carbonyl (C=O) groups excluding carboxylic acids is 2. The molecule has 132 valence electrons. The van der Waals surface area contributed by atoms with Crippen LogP contribution in [0.4, 0.5) is 5.69 Å². The van der Waals surface area contributed by atoms with Crippen LogP contribution in [-0.2, 0) is 4.79 Å². The van der Waals surface area contributed by atoms with Crippen LogP contribution < -0.4 is 16.4 Å². The molecular formula is C18H26ClN3O2. The van der Waals surface area contributed by atoms with Crippen LogP contribution in [0.1, 0.15) is 43.0 Å². The zero-order valence-corrected chi connectivity index (χ0v) is 14.8. The first-order valence-corrected chi connectivity index (χ1v) is 8.50. The van der Waals surface area contributed by atoms with Gasteiger partial charge in [0.2, 0.25) is 5.91 Å². The second-order valence-corrected chi connectivity index (χ2v) is 6.89. The van der Waals surface area contributed by atoms with Crippen molar-refractivity contribution >= 4 is 29.9 Å². The quantitative estimate of drug-likeness (QED) is 0.762. The highest BCUT2D eigenvalue weighted by atomic mass is 35.5. The lowest BCUT2D eigenvalue weighted by Gasteiger charge is -2.19. The molecule has 4 atom stereocenters. The molecule has 24 heavy (non-hydrogen) atoms. The fraction of sp³-hybridized carbons (Fsp3) is 0.556. The van der Waals surface area contributed by atoms with Crippen LogP contribution in [0.5, 0.6) is 0 Å². The molecule has 6 heteroatoms. The number of carbonyl (C=O) groups is 2. The fourth-order valence-corrected chi connectivity index (χ4v) is 3.39. The molecule has 1 aromatic rings. The molecule has 0 radical (unpaired) electrons. The maximum atomic E-state index is 12.3. The monoisotopic (exact) mass is 351 g/mol. The molecule has 0 heterocycles. The summed E-state index contributed by atoms with van der Waals surface area (Å²) >= 11 is 0. The predicted molar refractivity (Wildman–Crippen MR) is 97.2 cm³/mol. The molecule has 1 aromatic carbocycles. The number of halogens is 1. The van der Waals surface area contributed by atoms with E-state index in [0.717, 1.165) is 31.4 Å². The fourth-order valence-electron chi connectivity index (χ4n) is 3.39. The predicted octanol–water partition coefficient (Wildman–Crippen LogP) is 2.56. The Bertz CT molecular complexity index is 590. The summed E-state index contributed by atoms with van der Waals surface area (Å²) in [4.78, 5) is 24.2. The SMILES string of the molecule is CC1CC1C(=O)Nc1ccc(C(=O)NC2CCCC2CN)cc1.Cl. The maximum Gasteiger partial charge on any atom is 0.251 e. The Kier molecular flexibility index (Phi) is 6.24. The van der Waals surface area contributed by atoms with Gasteiger partial charge in [-0.05, 0) is 61.9 Å². The molecule has 2 aliphatic rings. The molecule has 2 saturated carbocycles. The van der Waals surface area contributed by atoms with Crippen molar-refractivity contribution in [1.29, 1.82) is 0 Å². The van der Waals surface area contributed by atoms with E-state index in [2.05, 4.69) is 17.6 Å². The van der Waals surface area contributed by atoms with Crippen LogP contribution >= 0.6 is 12.4 Å². The van der Waals surface area contributed by atoms with Crippen molar-refractivity contribution in [2.45, 2.75) is 38.6 Å². The molecular weight excluding hydrogens is 326 g/mol. The number of anilines is 1. The van der Waals surface area contributed by atoms with Crippen molar-refractivity contribution in [3.63, 3.8) is 0 Å². The summed E-state index contributed by atoms with van der Waals surface area (Å²) in [6, 6.07) is 7.27. The minimum atomic E-state index is -0.0657. The van der Waals surface area contributed by atoms with Crippen molar-refractivity contribution in [2.75, 3.05) is 11.9 Å². The Morgan fingerprint density at radius 3 is 2.46 bits per heavy atom. The number of hydrogen-bond donors (Lipinski definition) is 3. The van der Waals surface area contributed by atoms with E-state index in [0.29, 0.717) is 23.9 Å². The van der Waals surface area contributed by atoms with Gasteiger partial charge in [-0.1, -0.05) is 13.3 Å². The van der Waals surface area contributed by atoms with Gasteiger partial charge < -0.3 is 16.4 Å². The van der Waals surface area contributed by atoms with Crippen molar-refractivity contribution < 1.29 is 9.59 Å². The highest BCUT2D eigenvalue weighted by Crippen LogP contribution is 2.38. The van der Waals surface area contributed by atoms with Gasteiger partial charge >= 0.3 is 0 Å². The first-order valence-electron chi connectivity index (χ1n) is 8.50. The summed E-state index contributed by atoms with van der Waals surface area (Å²) in [5.41, 5.74) is 7.11. The molecule has 0 aromatic heterocycles. The van der Waals surface area contributed by atoms with Crippen LogP contribution in [0.2, 0.25) is 0 Å². The van der Waals surface area contributed by atoms with Crippen LogP contribution in [0.15, 0.2) is 24.3 Å². The summed E-state index contributed by atoms with van der Waals surface area (Å²) in [5.74, 6) is 1.03. The van der Waals surface area contributed by atoms with Gasteiger partial charge in [0.05, 0.1) is 0 Å². The average molecular weight is 352 g/mol. The highest BCUT2D eigenvalue weighted by molar-refractivity contribution is 5.97. The Balaban J connectivity index is 0.00000208. The number of amides is 2. The van der Waals surface area contributed by atoms with Crippen LogP contribution in [0.25, 0.3) is 0 Å². The zero-order valence-electron chi connectivity index (χ0n) is 14.0. The van der Waals surface area contributed by atoms with E-state index in [1.165, 1.54) is 0 Å². The van der Waals surface area contributed by atoms with E-state index in [4.69, 9.17) is 5.73 Å². The number of nitrogens with one attached hydrogen (secondary N) is 2. The number of rotatable bonds is 5. The summed E-state index contributed by atoms with van der Waals surface area (Å²) in [6.07, 6.45) is 4.18. The van der Waals surface area contributed by atoms with Gasteiger partial charge in [0.1, 0.15) is 0 Å². The lowest BCUT2D eigenvalue weighted by atomic mass is 10.0. The van der Waals surface area contributed by atoms with Gasteiger partial charge in [0, 0.05) is 23.2 Å². The molecule has 5 nitrogen and oxygen atoms in total. The third-order valence-corrected chi connectivity index (χ3v) is 5.14. The Hall–Kier alpha value is -1.59. The first-order chi connectivity index (χ1) is 11.1. The van der Waals surface area contributed by atoms with E-state index >= 15 is 0 Å². The maximum absolute atomic E-state index is 12.3. The molecule has 4 N–H and O–H groups in total. The van der Waals surface area contributed by atoms with Crippen molar-refractivity contribution in [2.24, 2.45) is 23.5 Å². The first kappa shape index (κ1) is 18.7. The van der Waals surface area contributed by atoms with E-state index < -0.39 is 0 Å². The van der Waals surface area contributed by atoms with Crippen LogP contribution in [0, 0.1) is 17.8 Å². The van der Waals surface area contributed by atoms with Gasteiger partial charge in [0.15, 0.2) is 0 Å². The molecule has 0 aliphatic heterocycles. The topological polar surface area (TPSA) is 84.2 Å². The zero-order chi connectivity index (χ0) is 16.4. The second kappa shape index (κ2) is 7.99. The molecule has 4 unspecified atom stereocenters. The Morgan fingerprint density at radius 1 is 1.21 bits per heavy atom. The average Bonchev–Trinajstić information content (AvgIpc) is 3.11. The standard InChI is InChI=1S/C18H25N3O2.ClH/c1-11-9-15(11)18(23)20-14-7-5-12(6-8-14)17(22)21-16-4-2-3-13(16)10-19;/h5-8,11,13,15-16H,2-4,9-10,19H2,1H3,(H,20,23)(H,21,22);1H. The molecule has 2 fully saturated rings. The summed E-state index contributed by atoms with van der Waals surface area (Å²) in [7, 11) is 0. The number of hydrogen-bond acceptors (Lipinski definition) is 3. The largest absolute Gasteiger partial charge is 0.349 e. The minimum absolute atomic E-state index is 0. The van der Waals surface area contributed by atoms with E-state index in [-0.39, 0.29) is 36.2 Å². The highest BCUT2D eigenvalue weighted by Gasteiger charge is 2.39. The van der Waals surface area contributed by atoms with Gasteiger partial charge in [-0.2, -0.15) is 0 Å². The van der Waals surface area contributed by atoms with Crippen LogP contribution in [-0.4, -0.2) is 24.4 Å². The van der Waals surface area contributed by atoms with Crippen molar-refractivity contribution in [3.05, 3.63) is 29.8 Å². The summed E-state index contributed by atoms with van der Waals surface area (Å²) in [5, 5.41) is 5.99. The Labute approximate surface area is 149 Å². The third kappa shape index (κ3) is 4.28. The molecule has 0 bridgehead atoms. The Morgan fingerprint density at radius 2 is 1.88 bits per heavy atom. The molecule has 2 aliphatic carbocycles. The van der Waals surface area contributed by atoms with Crippen LogP contribution in [0.3, 0.4) is 0 Å². The molecule has 0 saturated heterocycles. The number of benzene rings is 1. The molecule has 0 spiro atoms. The lowest BCUT2D eigenvalue weighted by molar-refractivity contribution is -0.117. The second-order valence-electron chi connectivity index (χ2n) is 6.89. The lowest BCUT2D eigenvalue weighted by Crippen LogP contribution is -2.39. The normalized spacial score (nSPS) is 27.9. The summed E-state index contributed by atoms with van der Waals surface area (Å²) < 4.78 is 0. The molecule has 3 rings (SSSR count). The van der Waals surface area contributed by atoms with Gasteiger partial charge in [-0.3, -0.25) is 9.59 Å².